The molecule has 0 spiro atoms. The molecule has 0 fully saturated rings. The van der Waals surface area contributed by atoms with Crippen molar-refractivity contribution in [3.05, 3.63) is 24.3 Å². The van der Waals surface area contributed by atoms with Crippen molar-refractivity contribution in [1.82, 2.24) is 0 Å². The van der Waals surface area contributed by atoms with Gasteiger partial charge in [0.25, 0.3) is 0 Å². The number of nitrogens with two attached hydrogens (primary N) is 1. The van der Waals surface area contributed by atoms with E-state index in [1.165, 1.54) is 7.11 Å². The van der Waals surface area contributed by atoms with Gasteiger partial charge in [0.2, 0.25) is 0 Å². The van der Waals surface area contributed by atoms with Crippen LogP contribution in [0.4, 0.5) is 18.9 Å². The van der Waals surface area contributed by atoms with Gasteiger partial charge in [-0.05, 0) is 12.1 Å². The zero-order valence-corrected chi connectivity index (χ0v) is 9.42. The van der Waals surface area contributed by atoms with Crippen molar-refractivity contribution in [2.45, 2.75) is 6.18 Å². The smallest absolute Gasteiger partial charge is 0.394 e. The number of benzene rings is 1. The monoisotopic (exact) mass is 248 g/mol. The number of hydrogen-bond donors (Lipinski definition) is 2. The maximum atomic E-state index is 12.5. The van der Waals surface area contributed by atoms with Gasteiger partial charge < -0.3 is 15.8 Å². The van der Waals surface area contributed by atoms with Crippen LogP contribution in [0.1, 0.15) is 0 Å². The summed E-state index contributed by atoms with van der Waals surface area (Å²) < 4.78 is 42.4. The van der Waals surface area contributed by atoms with Crippen LogP contribution in [-0.2, 0) is 0 Å². The van der Waals surface area contributed by atoms with E-state index in [0.717, 1.165) is 0 Å². The highest BCUT2D eigenvalue weighted by molar-refractivity contribution is 5.56. The molecule has 0 aromatic heterocycles. The summed E-state index contributed by atoms with van der Waals surface area (Å²) in [6.45, 7) is -0.702. The number of alkyl halides is 3. The van der Waals surface area contributed by atoms with Gasteiger partial charge in [-0.1, -0.05) is 12.1 Å². The molecule has 6 heteroatoms. The van der Waals surface area contributed by atoms with Gasteiger partial charge in [-0.25, -0.2) is 0 Å². The van der Waals surface area contributed by atoms with E-state index in [0.29, 0.717) is 11.4 Å². The second kappa shape index (κ2) is 5.77. The van der Waals surface area contributed by atoms with E-state index in [4.69, 9.17) is 10.5 Å². The molecule has 0 saturated heterocycles. The SMILES string of the molecule is COc1ccccc1NCC(CN)C(F)(F)F. The number of methoxy groups -OCH3 is 1. The third-order valence-corrected chi connectivity index (χ3v) is 2.39. The Morgan fingerprint density at radius 3 is 2.53 bits per heavy atom. The molecule has 96 valence electrons. The van der Waals surface area contributed by atoms with E-state index in [1.54, 1.807) is 24.3 Å². The average molecular weight is 248 g/mol. The van der Waals surface area contributed by atoms with E-state index >= 15 is 0 Å². The first-order valence-corrected chi connectivity index (χ1v) is 5.12. The average Bonchev–Trinajstić information content (AvgIpc) is 2.28. The van der Waals surface area contributed by atoms with Gasteiger partial charge in [-0.15, -0.1) is 0 Å². The van der Waals surface area contributed by atoms with Crippen LogP contribution >= 0.6 is 0 Å². The Labute approximate surface area is 97.8 Å². The summed E-state index contributed by atoms with van der Waals surface area (Å²) in [6, 6.07) is 6.79. The van der Waals surface area contributed by atoms with Crippen molar-refractivity contribution in [2.24, 2.45) is 11.7 Å². The summed E-state index contributed by atoms with van der Waals surface area (Å²) in [6.07, 6.45) is -4.29. The van der Waals surface area contributed by atoms with Crippen molar-refractivity contribution >= 4 is 5.69 Å². The second-order valence-electron chi connectivity index (χ2n) is 3.56. The van der Waals surface area contributed by atoms with E-state index in [-0.39, 0.29) is 6.54 Å². The zero-order chi connectivity index (χ0) is 12.9. The number of ether oxygens (including phenoxy) is 1. The molecule has 3 nitrogen and oxygen atoms in total. The maximum absolute atomic E-state index is 12.5. The van der Waals surface area contributed by atoms with Gasteiger partial charge in [-0.3, -0.25) is 0 Å². The normalized spacial score (nSPS) is 13.2. The lowest BCUT2D eigenvalue weighted by molar-refractivity contribution is -0.167. The number of hydrogen-bond acceptors (Lipinski definition) is 3. The highest BCUT2D eigenvalue weighted by Crippen LogP contribution is 2.28. The molecule has 0 radical (unpaired) electrons. The molecule has 1 aromatic rings. The Kier molecular flexibility index (Phi) is 4.62. The molecule has 1 rings (SSSR count). The lowest BCUT2D eigenvalue weighted by atomic mass is 10.1. The number of anilines is 1. The molecule has 0 aliphatic heterocycles. The summed E-state index contributed by atoms with van der Waals surface area (Å²) in [7, 11) is 1.46. The molecule has 0 saturated carbocycles. The molecule has 0 bridgehead atoms. The first-order chi connectivity index (χ1) is 7.99. The van der Waals surface area contributed by atoms with E-state index < -0.39 is 18.6 Å². The Morgan fingerprint density at radius 2 is 2.00 bits per heavy atom. The number of para-hydroxylation sites is 2. The third-order valence-electron chi connectivity index (χ3n) is 2.39. The zero-order valence-electron chi connectivity index (χ0n) is 9.42. The number of rotatable bonds is 5. The minimum absolute atomic E-state index is 0.264. The van der Waals surface area contributed by atoms with Gasteiger partial charge in [0.1, 0.15) is 5.75 Å². The Balaban J connectivity index is 2.66. The summed E-state index contributed by atoms with van der Waals surface area (Å²) in [5.41, 5.74) is 5.63. The van der Waals surface area contributed by atoms with Crippen molar-refractivity contribution in [3.8, 4) is 5.75 Å². The number of nitrogens with one attached hydrogen (secondary N) is 1. The fraction of sp³-hybridized carbons (Fsp3) is 0.455. The first kappa shape index (κ1) is 13.6. The van der Waals surface area contributed by atoms with Crippen LogP contribution in [0, 0.1) is 5.92 Å². The van der Waals surface area contributed by atoms with Gasteiger partial charge in [-0.2, -0.15) is 13.2 Å². The largest absolute Gasteiger partial charge is 0.495 e. The fourth-order valence-electron chi connectivity index (χ4n) is 1.36. The van der Waals surface area contributed by atoms with Crippen molar-refractivity contribution in [1.29, 1.82) is 0 Å². The summed E-state index contributed by atoms with van der Waals surface area (Å²) in [5, 5.41) is 2.70. The molecular weight excluding hydrogens is 233 g/mol. The fourth-order valence-corrected chi connectivity index (χ4v) is 1.36. The van der Waals surface area contributed by atoms with Gasteiger partial charge in [0.05, 0.1) is 18.7 Å². The molecule has 0 aliphatic rings. The van der Waals surface area contributed by atoms with Gasteiger partial charge >= 0.3 is 6.18 Å². The Hall–Kier alpha value is -1.43. The molecule has 3 N–H and O–H groups in total. The summed E-state index contributed by atoms with van der Waals surface area (Å²) in [5.74, 6) is -1.06. The van der Waals surface area contributed by atoms with Crippen molar-refractivity contribution in [2.75, 3.05) is 25.5 Å². The van der Waals surface area contributed by atoms with Crippen LogP contribution in [0.2, 0.25) is 0 Å². The summed E-state index contributed by atoms with van der Waals surface area (Å²) in [4.78, 5) is 0. The van der Waals surface area contributed by atoms with Crippen LogP contribution in [0.15, 0.2) is 24.3 Å². The van der Waals surface area contributed by atoms with Crippen LogP contribution in [-0.4, -0.2) is 26.4 Å². The van der Waals surface area contributed by atoms with Gasteiger partial charge in [0.15, 0.2) is 0 Å². The highest BCUT2D eigenvalue weighted by atomic mass is 19.4. The Morgan fingerprint density at radius 1 is 1.35 bits per heavy atom. The van der Waals surface area contributed by atoms with Crippen molar-refractivity contribution < 1.29 is 17.9 Å². The molecular formula is C11H15F3N2O. The lowest BCUT2D eigenvalue weighted by Crippen LogP contribution is -2.35. The van der Waals surface area contributed by atoms with E-state index in [1.807, 2.05) is 0 Å². The van der Waals surface area contributed by atoms with Crippen molar-refractivity contribution in [3.63, 3.8) is 0 Å². The maximum Gasteiger partial charge on any atom is 0.394 e. The minimum atomic E-state index is -4.29. The Bertz CT molecular complexity index is 355. The van der Waals surface area contributed by atoms with E-state index in [9.17, 15) is 13.2 Å². The molecule has 1 unspecified atom stereocenters. The van der Waals surface area contributed by atoms with Crippen LogP contribution in [0.3, 0.4) is 0 Å². The quantitative estimate of drug-likeness (QED) is 0.840. The van der Waals surface area contributed by atoms with E-state index in [2.05, 4.69) is 5.32 Å². The van der Waals surface area contributed by atoms with Crippen LogP contribution < -0.4 is 15.8 Å². The second-order valence-corrected chi connectivity index (χ2v) is 3.56. The van der Waals surface area contributed by atoms with Crippen LogP contribution in [0.25, 0.3) is 0 Å². The molecule has 0 aliphatic carbocycles. The predicted molar refractivity (Wildman–Crippen MR) is 60.1 cm³/mol. The number of halogens is 3. The first-order valence-electron chi connectivity index (χ1n) is 5.12. The minimum Gasteiger partial charge on any atom is -0.495 e. The molecule has 0 heterocycles. The highest BCUT2D eigenvalue weighted by Gasteiger charge is 2.38. The lowest BCUT2D eigenvalue weighted by Gasteiger charge is -2.20. The standard InChI is InChI=1S/C11H15F3N2O/c1-17-10-5-3-2-4-9(10)16-7-8(6-15)11(12,13)14/h2-5,8,16H,6-7,15H2,1H3. The molecule has 1 atom stereocenters. The van der Waals surface area contributed by atoms with Crippen LogP contribution in [0.5, 0.6) is 5.75 Å². The van der Waals surface area contributed by atoms with Gasteiger partial charge in [0, 0.05) is 13.1 Å². The summed E-state index contributed by atoms with van der Waals surface area (Å²) >= 11 is 0. The molecule has 17 heavy (non-hydrogen) atoms. The molecule has 1 aromatic carbocycles. The molecule has 0 amide bonds. The topological polar surface area (TPSA) is 47.3 Å². The predicted octanol–water partition coefficient (Wildman–Crippen LogP) is 2.24. The third kappa shape index (κ3) is 3.81.